The van der Waals surface area contributed by atoms with E-state index >= 15 is 0 Å². The summed E-state index contributed by atoms with van der Waals surface area (Å²) in [6.07, 6.45) is 1.05. The largest absolute Gasteiger partial charge is 0.339 e. The molecule has 0 fully saturated rings. The zero-order chi connectivity index (χ0) is 17.5. The summed E-state index contributed by atoms with van der Waals surface area (Å²) in [4.78, 5) is 11.8. The molecule has 9 heteroatoms. The second-order valence-corrected chi connectivity index (χ2v) is 7.96. The van der Waals surface area contributed by atoms with Crippen molar-refractivity contribution in [2.75, 3.05) is 5.32 Å². The van der Waals surface area contributed by atoms with Crippen LogP contribution in [-0.2, 0) is 4.79 Å². The average molecular weight is 417 g/mol. The molecule has 3 N–H and O–H groups in total. The fourth-order valence-corrected chi connectivity index (χ4v) is 2.29. The number of alkyl halides is 3. The van der Waals surface area contributed by atoms with Gasteiger partial charge in [-0.1, -0.05) is 59.7 Å². The number of hydrogen-bond acceptors (Lipinski definition) is 2. The molecule has 1 aromatic rings. The summed E-state index contributed by atoms with van der Waals surface area (Å²) in [7, 11) is 0. The van der Waals surface area contributed by atoms with Gasteiger partial charge >= 0.3 is 0 Å². The Bertz CT molecular complexity index is 534. The van der Waals surface area contributed by atoms with E-state index in [0.29, 0.717) is 17.1 Å². The van der Waals surface area contributed by atoms with Gasteiger partial charge in [-0.15, -0.1) is 0 Å². The van der Waals surface area contributed by atoms with Gasteiger partial charge in [0.15, 0.2) is 5.11 Å². The van der Waals surface area contributed by atoms with Crippen molar-refractivity contribution in [2.45, 2.75) is 36.1 Å². The predicted molar refractivity (Wildman–Crippen MR) is 103 cm³/mol. The first-order valence-corrected chi connectivity index (χ1v) is 8.83. The molecule has 0 aliphatic rings. The molecule has 0 aliphatic carbocycles. The second-order valence-electron chi connectivity index (χ2n) is 4.75. The predicted octanol–water partition coefficient (Wildman–Crippen LogP) is 4.63. The zero-order valence-electron chi connectivity index (χ0n) is 12.3. The average Bonchev–Trinajstić information content (AvgIpc) is 2.46. The first kappa shape index (κ1) is 20.6. The Kier molecular flexibility index (Phi) is 8.72. The van der Waals surface area contributed by atoms with Crippen LogP contribution < -0.4 is 16.0 Å². The van der Waals surface area contributed by atoms with E-state index in [2.05, 4.69) is 16.0 Å². The van der Waals surface area contributed by atoms with Crippen molar-refractivity contribution in [3.05, 3.63) is 29.3 Å². The van der Waals surface area contributed by atoms with E-state index in [1.54, 1.807) is 24.3 Å². The van der Waals surface area contributed by atoms with E-state index in [9.17, 15) is 4.79 Å². The number of rotatable bonds is 6. The first-order chi connectivity index (χ1) is 10.7. The van der Waals surface area contributed by atoms with Crippen molar-refractivity contribution in [3.8, 4) is 0 Å². The number of carbonyl (C=O) groups excluding carboxylic acids is 1. The van der Waals surface area contributed by atoms with Crippen molar-refractivity contribution >= 4 is 75.3 Å². The molecule has 1 aromatic carbocycles. The molecule has 0 saturated heterocycles. The summed E-state index contributed by atoms with van der Waals surface area (Å²) in [5.41, 5.74) is 0.715. The van der Waals surface area contributed by atoms with Gasteiger partial charge in [0, 0.05) is 17.1 Å². The van der Waals surface area contributed by atoms with Crippen LogP contribution >= 0.6 is 58.6 Å². The van der Waals surface area contributed by atoms with Gasteiger partial charge in [0.1, 0.15) is 6.17 Å². The smallest absolute Gasteiger partial charge is 0.228 e. The summed E-state index contributed by atoms with van der Waals surface area (Å²) in [6.45, 7) is 1.99. The minimum absolute atomic E-state index is 0.208. The number of carbonyl (C=O) groups is 1. The quantitative estimate of drug-likeness (QED) is 0.359. The molecule has 0 heterocycles. The minimum atomic E-state index is -1.76. The van der Waals surface area contributed by atoms with Crippen LogP contribution in [0.4, 0.5) is 5.69 Å². The van der Waals surface area contributed by atoms with Crippen LogP contribution in [0, 0.1) is 0 Å². The molecule has 0 aromatic heterocycles. The van der Waals surface area contributed by atoms with Gasteiger partial charge in [-0.3, -0.25) is 4.79 Å². The fraction of sp³-hybridized carbons (Fsp3) is 0.429. The van der Waals surface area contributed by atoms with Crippen LogP contribution in [-0.4, -0.2) is 21.0 Å². The Labute approximate surface area is 161 Å². The van der Waals surface area contributed by atoms with E-state index in [-0.39, 0.29) is 11.0 Å². The molecular weight excluding hydrogens is 400 g/mol. The lowest BCUT2D eigenvalue weighted by Gasteiger charge is -2.27. The number of anilines is 1. The summed E-state index contributed by atoms with van der Waals surface area (Å²) >= 11 is 28.7. The minimum Gasteiger partial charge on any atom is -0.339 e. The number of halogens is 4. The normalized spacial score (nSPS) is 12.4. The molecule has 23 heavy (non-hydrogen) atoms. The lowest BCUT2D eigenvalue weighted by molar-refractivity contribution is -0.122. The second kappa shape index (κ2) is 9.74. The van der Waals surface area contributed by atoms with Gasteiger partial charge in [0.2, 0.25) is 9.70 Å². The fourth-order valence-electron chi connectivity index (χ4n) is 1.60. The molecule has 1 atom stereocenters. The van der Waals surface area contributed by atoms with Gasteiger partial charge in [0.25, 0.3) is 0 Å². The highest BCUT2D eigenvalue weighted by Crippen LogP contribution is 2.29. The molecule has 0 saturated carbocycles. The van der Waals surface area contributed by atoms with E-state index < -0.39 is 9.96 Å². The number of nitrogens with one attached hydrogen (secondary N) is 3. The third-order valence-electron chi connectivity index (χ3n) is 2.77. The highest BCUT2D eigenvalue weighted by Gasteiger charge is 2.34. The summed E-state index contributed by atoms with van der Waals surface area (Å²) in [5.74, 6) is -0.218. The molecular formula is C14H17Cl4N3OS. The van der Waals surface area contributed by atoms with Gasteiger partial charge in [0.05, 0.1) is 0 Å². The highest BCUT2D eigenvalue weighted by molar-refractivity contribution is 7.80. The zero-order valence-corrected chi connectivity index (χ0v) is 16.2. The Balaban J connectivity index is 2.63. The SMILES string of the molecule is CCCCC(=O)N[C@H](NC(=S)Nc1ccc(Cl)cc1)C(Cl)(Cl)Cl. The van der Waals surface area contributed by atoms with Crippen molar-refractivity contribution in [2.24, 2.45) is 0 Å². The van der Waals surface area contributed by atoms with E-state index in [1.165, 1.54) is 0 Å². The van der Waals surface area contributed by atoms with E-state index in [0.717, 1.165) is 12.8 Å². The third kappa shape index (κ3) is 8.27. The number of thiocarbonyl (C=S) groups is 1. The van der Waals surface area contributed by atoms with Crippen LogP contribution in [0.5, 0.6) is 0 Å². The summed E-state index contributed by atoms with van der Waals surface area (Å²) in [6, 6.07) is 6.93. The Morgan fingerprint density at radius 2 is 1.83 bits per heavy atom. The number of benzene rings is 1. The van der Waals surface area contributed by atoms with Crippen molar-refractivity contribution in [1.82, 2.24) is 10.6 Å². The van der Waals surface area contributed by atoms with Crippen LogP contribution in [0.15, 0.2) is 24.3 Å². The van der Waals surface area contributed by atoms with Crippen molar-refractivity contribution < 1.29 is 4.79 Å². The van der Waals surface area contributed by atoms with Crippen LogP contribution in [0.2, 0.25) is 5.02 Å². The molecule has 128 valence electrons. The molecule has 0 bridgehead atoms. The number of amides is 1. The third-order valence-corrected chi connectivity index (χ3v) is 3.89. The number of hydrogen-bond donors (Lipinski definition) is 3. The molecule has 0 radical (unpaired) electrons. The molecule has 0 aliphatic heterocycles. The summed E-state index contributed by atoms with van der Waals surface area (Å²) < 4.78 is -1.76. The molecule has 1 rings (SSSR count). The number of unbranched alkanes of at least 4 members (excludes halogenated alkanes) is 1. The van der Waals surface area contributed by atoms with Gasteiger partial charge in [-0.2, -0.15) is 0 Å². The Hall–Kier alpha value is -0.460. The molecule has 0 spiro atoms. The van der Waals surface area contributed by atoms with E-state index in [4.69, 9.17) is 58.6 Å². The van der Waals surface area contributed by atoms with E-state index in [1.807, 2.05) is 6.92 Å². The van der Waals surface area contributed by atoms with Gasteiger partial charge < -0.3 is 16.0 Å². The Morgan fingerprint density at radius 1 is 1.22 bits per heavy atom. The standard InChI is InChI=1S/C14H17Cl4N3OS/c1-2-3-4-11(22)20-12(14(16,17)18)21-13(23)19-10-7-5-9(15)6-8-10/h5-8,12H,2-4H2,1H3,(H,20,22)(H2,19,21,23)/t12-/m1/s1. The monoisotopic (exact) mass is 415 g/mol. The van der Waals surface area contributed by atoms with Crippen LogP contribution in [0.25, 0.3) is 0 Å². The Morgan fingerprint density at radius 3 is 2.35 bits per heavy atom. The van der Waals surface area contributed by atoms with Gasteiger partial charge in [-0.05, 0) is 42.9 Å². The maximum absolute atomic E-state index is 11.8. The summed E-state index contributed by atoms with van der Waals surface area (Å²) in [5, 5.41) is 9.15. The molecule has 0 unspecified atom stereocenters. The molecule has 1 amide bonds. The lowest BCUT2D eigenvalue weighted by atomic mass is 10.2. The molecule has 4 nitrogen and oxygen atoms in total. The van der Waals surface area contributed by atoms with Crippen molar-refractivity contribution in [3.63, 3.8) is 0 Å². The highest BCUT2D eigenvalue weighted by atomic mass is 35.6. The van der Waals surface area contributed by atoms with Gasteiger partial charge in [-0.25, -0.2) is 0 Å². The first-order valence-electron chi connectivity index (χ1n) is 6.91. The van der Waals surface area contributed by atoms with Crippen molar-refractivity contribution in [1.29, 1.82) is 0 Å². The lowest BCUT2D eigenvalue weighted by Crippen LogP contribution is -2.56. The maximum atomic E-state index is 11.8. The van der Waals surface area contributed by atoms with Crippen LogP contribution in [0.1, 0.15) is 26.2 Å². The van der Waals surface area contributed by atoms with Crippen LogP contribution in [0.3, 0.4) is 0 Å². The maximum Gasteiger partial charge on any atom is 0.228 e. The topological polar surface area (TPSA) is 53.2 Å².